The molecule has 2 saturated heterocycles. The van der Waals surface area contributed by atoms with Crippen molar-refractivity contribution in [2.45, 2.75) is 18.6 Å². The van der Waals surface area contributed by atoms with Crippen LogP contribution >= 0.6 is 0 Å². The summed E-state index contributed by atoms with van der Waals surface area (Å²) in [6, 6.07) is 0. The van der Waals surface area contributed by atoms with Crippen molar-refractivity contribution >= 4 is 0 Å². The zero-order chi connectivity index (χ0) is 6.97. The van der Waals surface area contributed by atoms with Crippen LogP contribution in [-0.4, -0.2) is 37.0 Å². The average Bonchev–Trinajstić information content (AvgIpc) is 2.42. The molecular weight excluding hydrogens is 130 g/mol. The Labute approximate surface area is 60.4 Å². The molecule has 0 amide bonds. The molecular formula is C7H13NO2. The first-order valence-electron chi connectivity index (χ1n) is 3.87. The van der Waals surface area contributed by atoms with Gasteiger partial charge in [-0.3, -0.25) is 0 Å². The third kappa shape index (κ3) is 0.944. The van der Waals surface area contributed by atoms with Crippen molar-refractivity contribution in [1.82, 2.24) is 5.32 Å². The van der Waals surface area contributed by atoms with E-state index in [1.54, 1.807) is 0 Å². The summed E-state index contributed by atoms with van der Waals surface area (Å²) in [4.78, 5) is 0. The van der Waals surface area contributed by atoms with Gasteiger partial charge in [-0.2, -0.15) is 0 Å². The SMILES string of the molecule is OCC1C[C@@H]2CNC[C@@H]2O1. The van der Waals surface area contributed by atoms with Gasteiger partial charge in [-0.1, -0.05) is 0 Å². The molecule has 3 nitrogen and oxygen atoms in total. The highest BCUT2D eigenvalue weighted by atomic mass is 16.5. The van der Waals surface area contributed by atoms with Crippen LogP contribution in [0.3, 0.4) is 0 Å². The molecule has 0 bridgehead atoms. The second-order valence-corrected chi connectivity index (χ2v) is 3.13. The Hall–Kier alpha value is -0.120. The van der Waals surface area contributed by atoms with Crippen molar-refractivity contribution in [2.75, 3.05) is 19.7 Å². The maximum absolute atomic E-state index is 8.78. The lowest BCUT2D eigenvalue weighted by atomic mass is 10.0. The van der Waals surface area contributed by atoms with Crippen molar-refractivity contribution in [2.24, 2.45) is 5.92 Å². The van der Waals surface area contributed by atoms with Gasteiger partial charge in [0.15, 0.2) is 0 Å². The maximum atomic E-state index is 8.78. The molecule has 0 aromatic carbocycles. The van der Waals surface area contributed by atoms with E-state index in [9.17, 15) is 0 Å². The van der Waals surface area contributed by atoms with Gasteiger partial charge in [0.25, 0.3) is 0 Å². The summed E-state index contributed by atoms with van der Waals surface area (Å²) in [5.74, 6) is 0.664. The molecule has 0 aromatic rings. The van der Waals surface area contributed by atoms with Crippen molar-refractivity contribution in [3.05, 3.63) is 0 Å². The van der Waals surface area contributed by atoms with Gasteiger partial charge in [0, 0.05) is 19.0 Å². The van der Waals surface area contributed by atoms with Crippen LogP contribution in [0.2, 0.25) is 0 Å². The number of fused-ring (bicyclic) bond motifs is 1. The first-order chi connectivity index (χ1) is 4.90. The molecule has 3 heteroatoms. The van der Waals surface area contributed by atoms with Gasteiger partial charge >= 0.3 is 0 Å². The first-order valence-corrected chi connectivity index (χ1v) is 3.87. The van der Waals surface area contributed by atoms with E-state index in [0.29, 0.717) is 12.0 Å². The van der Waals surface area contributed by atoms with Gasteiger partial charge in [0.2, 0.25) is 0 Å². The topological polar surface area (TPSA) is 41.5 Å². The third-order valence-corrected chi connectivity index (χ3v) is 2.41. The number of nitrogens with one attached hydrogen (secondary N) is 1. The van der Waals surface area contributed by atoms with Crippen LogP contribution in [0.15, 0.2) is 0 Å². The number of hydrogen-bond donors (Lipinski definition) is 2. The molecule has 0 radical (unpaired) electrons. The van der Waals surface area contributed by atoms with E-state index in [4.69, 9.17) is 9.84 Å². The Morgan fingerprint density at radius 1 is 1.50 bits per heavy atom. The fourth-order valence-corrected chi connectivity index (χ4v) is 1.86. The number of aliphatic hydroxyl groups excluding tert-OH is 1. The lowest BCUT2D eigenvalue weighted by Crippen LogP contribution is -2.20. The normalized spacial score (nSPS) is 45.9. The fourth-order valence-electron chi connectivity index (χ4n) is 1.86. The predicted molar refractivity (Wildman–Crippen MR) is 36.7 cm³/mol. The molecule has 2 heterocycles. The Morgan fingerprint density at radius 2 is 2.40 bits per heavy atom. The molecule has 2 aliphatic heterocycles. The summed E-state index contributed by atoms with van der Waals surface area (Å²) >= 11 is 0. The molecule has 3 atom stereocenters. The van der Waals surface area contributed by atoms with E-state index in [0.717, 1.165) is 19.5 Å². The van der Waals surface area contributed by atoms with E-state index < -0.39 is 0 Å². The summed E-state index contributed by atoms with van der Waals surface area (Å²) in [6.45, 7) is 2.23. The fraction of sp³-hybridized carbons (Fsp3) is 1.00. The van der Waals surface area contributed by atoms with Gasteiger partial charge in [-0.05, 0) is 6.42 Å². The van der Waals surface area contributed by atoms with Crippen LogP contribution in [0, 0.1) is 5.92 Å². The van der Waals surface area contributed by atoms with E-state index in [1.807, 2.05) is 0 Å². The van der Waals surface area contributed by atoms with Crippen LogP contribution in [0.4, 0.5) is 0 Å². The smallest absolute Gasteiger partial charge is 0.0814 e. The largest absolute Gasteiger partial charge is 0.394 e. The highest BCUT2D eigenvalue weighted by molar-refractivity contribution is 4.89. The van der Waals surface area contributed by atoms with Crippen LogP contribution in [0.5, 0.6) is 0 Å². The predicted octanol–water partition coefficient (Wildman–Crippen LogP) is -0.644. The Kier molecular flexibility index (Phi) is 1.64. The van der Waals surface area contributed by atoms with Crippen LogP contribution < -0.4 is 5.32 Å². The Morgan fingerprint density at radius 3 is 3.10 bits per heavy atom. The molecule has 0 aliphatic carbocycles. The quantitative estimate of drug-likeness (QED) is 0.513. The molecule has 2 fully saturated rings. The standard InChI is InChI=1S/C7H13NO2/c9-4-6-1-5-2-8-3-7(5)10-6/h5-9H,1-4H2/t5-,6?,7+/m1/s1. The minimum atomic E-state index is 0.122. The molecule has 0 spiro atoms. The van der Waals surface area contributed by atoms with Gasteiger partial charge < -0.3 is 15.2 Å². The first kappa shape index (κ1) is 6.58. The van der Waals surface area contributed by atoms with E-state index in [-0.39, 0.29) is 12.7 Å². The van der Waals surface area contributed by atoms with Crippen molar-refractivity contribution < 1.29 is 9.84 Å². The lowest BCUT2D eigenvalue weighted by molar-refractivity contribution is 0.0145. The summed E-state index contributed by atoms with van der Waals surface area (Å²) in [6.07, 6.45) is 1.54. The molecule has 10 heavy (non-hydrogen) atoms. The zero-order valence-corrected chi connectivity index (χ0v) is 5.92. The van der Waals surface area contributed by atoms with Crippen molar-refractivity contribution in [1.29, 1.82) is 0 Å². The second kappa shape index (κ2) is 2.49. The van der Waals surface area contributed by atoms with Crippen molar-refractivity contribution in [3.8, 4) is 0 Å². The average molecular weight is 143 g/mol. The molecule has 1 unspecified atom stereocenters. The number of hydrogen-bond acceptors (Lipinski definition) is 3. The summed E-state index contributed by atoms with van der Waals surface area (Å²) in [5.41, 5.74) is 0. The third-order valence-electron chi connectivity index (χ3n) is 2.41. The monoisotopic (exact) mass is 143 g/mol. The van der Waals surface area contributed by atoms with Crippen LogP contribution in [0.25, 0.3) is 0 Å². The molecule has 0 aromatic heterocycles. The van der Waals surface area contributed by atoms with E-state index in [2.05, 4.69) is 5.32 Å². The van der Waals surface area contributed by atoms with Gasteiger partial charge in [-0.15, -0.1) is 0 Å². The Balaban J connectivity index is 1.94. The number of aliphatic hydroxyl groups is 1. The lowest BCUT2D eigenvalue weighted by Gasteiger charge is -2.07. The van der Waals surface area contributed by atoms with Gasteiger partial charge in [0.1, 0.15) is 0 Å². The Bertz CT molecular complexity index is 117. The minimum Gasteiger partial charge on any atom is -0.394 e. The van der Waals surface area contributed by atoms with Crippen LogP contribution in [-0.2, 0) is 4.74 Å². The number of ether oxygens (including phenoxy) is 1. The minimum absolute atomic E-state index is 0.122. The van der Waals surface area contributed by atoms with Gasteiger partial charge in [-0.25, -0.2) is 0 Å². The highest BCUT2D eigenvalue weighted by Crippen LogP contribution is 2.28. The molecule has 2 aliphatic rings. The molecule has 2 rings (SSSR count). The van der Waals surface area contributed by atoms with E-state index >= 15 is 0 Å². The molecule has 58 valence electrons. The summed E-state index contributed by atoms with van der Waals surface area (Å²) < 4.78 is 5.52. The highest BCUT2D eigenvalue weighted by Gasteiger charge is 2.37. The van der Waals surface area contributed by atoms with Gasteiger partial charge in [0.05, 0.1) is 18.8 Å². The number of rotatable bonds is 1. The summed E-state index contributed by atoms with van der Waals surface area (Å²) in [7, 11) is 0. The maximum Gasteiger partial charge on any atom is 0.0814 e. The molecule has 0 saturated carbocycles. The second-order valence-electron chi connectivity index (χ2n) is 3.13. The zero-order valence-electron chi connectivity index (χ0n) is 5.92. The van der Waals surface area contributed by atoms with Crippen molar-refractivity contribution in [3.63, 3.8) is 0 Å². The van der Waals surface area contributed by atoms with Crippen LogP contribution in [0.1, 0.15) is 6.42 Å². The van der Waals surface area contributed by atoms with E-state index in [1.165, 1.54) is 0 Å². The molecule has 2 N–H and O–H groups in total. The summed E-state index contributed by atoms with van der Waals surface area (Å²) in [5, 5.41) is 12.0.